The third-order valence-corrected chi connectivity index (χ3v) is 7.08. The molecule has 0 atom stereocenters. The zero-order valence-corrected chi connectivity index (χ0v) is 17.9. The molecule has 160 valence electrons. The lowest BCUT2D eigenvalue weighted by Crippen LogP contribution is -2.30. The van der Waals surface area contributed by atoms with Crippen molar-refractivity contribution in [3.05, 3.63) is 65.9 Å². The summed E-state index contributed by atoms with van der Waals surface area (Å²) in [6.07, 6.45) is 4.69. The van der Waals surface area contributed by atoms with Gasteiger partial charge in [-0.2, -0.15) is 0 Å². The van der Waals surface area contributed by atoms with Gasteiger partial charge in [0.1, 0.15) is 5.82 Å². The van der Waals surface area contributed by atoms with Gasteiger partial charge in [0.25, 0.3) is 15.9 Å². The zero-order valence-electron chi connectivity index (χ0n) is 17.1. The van der Waals surface area contributed by atoms with E-state index in [2.05, 4.69) is 4.98 Å². The van der Waals surface area contributed by atoms with Gasteiger partial charge < -0.3 is 4.90 Å². The van der Waals surface area contributed by atoms with Crippen LogP contribution in [0.2, 0.25) is 0 Å². The molecule has 0 fully saturated rings. The van der Waals surface area contributed by atoms with Crippen molar-refractivity contribution in [3.8, 4) is 0 Å². The summed E-state index contributed by atoms with van der Waals surface area (Å²) in [6, 6.07) is 12.7. The van der Waals surface area contributed by atoms with Gasteiger partial charge in [-0.25, -0.2) is 23.2 Å². The molecule has 8 nitrogen and oxygen atoms in total. The van der Waals surface area contributed by atoms with Crippen LogP contribution in [0.15, 0.2) is 59.6 Å². The number of anilines is 2. The summed E-state index contributed by atoms with van der Waals surface area (Å²) in [5.74, 6) is -0.262. The van der Waals surface area contributed by atoms with Gasteiger partial charge in [0.2, 0.25) is 0 Å². The predicted octanol–water partition coefficient (Wildman–Crippen LogP) is 2.57. The third-order valence-electron chi connectivity index (χ3n) is 5.23. The molecule has 2 N–H and O–H groups in total. The van der Waals surface area contributed by atoms with Gasteiger partial charge in [0.05, 0.1) is 4.90 Å². The summed E-state index contributed by atoms with van der Waals surface area (Å²) in [6.45, 7) is 0.290. The van der Waals surface area contributed by atoms with Crippen LogP contribution in [-0.2, 0) is 21.2 Å². The molecule has 2 aromatic carbocycles. The van der Waals surface area contributed by atoms with E-state index in [4.69, 9.17) is 5.21 Å². The number of amides is 1. The Labute approximate surface area is 180 Å². The standard InChI is InChI=1S/C22H22N4O4S/c1-25(2)19-7-3-6-18-17(19)5-4-8-20(18)31(29,30)26-12-11-16-13-15(14-23-22(16)26)9-10-21(27)24-28/h3-10,13-14,28H,11-12H2,1-2H3,(H,24,27)/b10-9+. The van der Waals surface area contributed by atoms with E-state index in [1.165, 1.54) is 28.1 Å². The maximum absolute atomic E-state index is 13.6. The first-order valence-corrected chi connectivity index (χ1v) is 11.1. The van der Waals surface area contributed by atoms with Crippen molar-refractivity contribution >= 4 is 44.3 Å². The zero-order chi connectivity index (χ0) is 22.2. The number of aromatic nitrogens is 1. The van der Waals surface area contributed by atoms with Crippen LogP contribution in [0.1, 0.15) is 11.1 Å². The van der Waals surface area contributed by atoms with E-state index >= 15 is 0 Å². The van der Waals surface area contributed by atoms with Gasteiger partial charge in [0.15, 0.2) is 0 Å². The number of pyridine rings is 1. The van der Waals surface area contributed by atoms with Gasteiger partial charge in [-0.1, -0.05) is 24.3 Å². The second-order valence-electron chi connectivity index (χ2n) is 7.41. The molecule has 0 aliphatic carbocycles. The van der Waals surface area contributed by atoms with E-state index in [-0.39, 0.29) is 4.90 Å². The van der Waals surface area contributed by atoms with Crippen molar-refractivity contribution in [1.29, 1.82) is 0 Å². The fraction of sp³-hybridized carbons (Fsp3) is 0.182. The van der Waals surface area contributed by atoms with Crippen molar-refractivity contribution in [2.75, 3.05) is 29.8 Å². The number of hydrogen-bond acceptors (Lipinski definition) is 6. The Kier molecular flexibility index (Phi) is 5.38. The number of benzene rings is 2. The lowest BCUT2D eigenvalue weighted by Gasteiger charge is -2.21. The van der Waals surface area contributed by atoms with Crippen LogP contribution in [0, 0.1) is 0 Å². The van der Waals surface area contributed by atoms with Crippen LogP contribution in [0.25, 0.3) is 16.8 Å². The maximum Gasteiger partial charge on any atom is 0.267 e. The Balaban J connectivity index is 1.75. The topological polar surface area (TPSA) is 103 Å². The van der Waals surface area contributed by atoms with Gasteiger partial charge in [-0.05, 0) is 41.8 Å². The quantitative estimate of drug-likeness (QED) is 0.361. The van der Waals surface area contributed by atoms with E-state index in [9.17, 15) is 13.2 Å². The SMILES string of the molecule is CN(C)c1cccc2c(S(=O)(=O)N3CCc4cc(/C=C/C(=O)NO)cnc43)cccc12. The molecule has 0 bridgehead atoms. The smallest absolute Gasteiger partial charge is 0.267 e. The van der Waals surface area contributed by atoms with Gasteiger partial charge in [-0.15, -0.1) is 0 Å². The largest absolute Gasteiger partial charge is 0.377 e. The summed E-state index contributed by atoms with van der Waals surface area (Å²) in [5, 5.41) is 10.1. The van der Waals surface area contributed by atoms with Crippen LogP contribution in [0.4, 0.5) is 11.5 Å². The van der Waals surface area contributed by atoms with Gasteiger partial charge in [-0.3, -0.25) is 10.0 Å². The number of carbonyl (C=O) groups excluding carboxylic acids is 1. The highest BCUT2D eigenvalue weighted by molar-refractivity contribution is 7.93. The molecule has 1 aromatic heterocycles. The Morgan fingerprint density at radius 1 is 1.19 bits per heavy atom. The van der Waals surface area contributed by atoms with Crippen molar-refractivity contribution < 1.29 is 18.4 Å². The molecule has 0 radical (unpaired) electrons. The second kappa shape index (κ2) is 8.01. The van der Waals surface area contributed by atoms with Crippen molar-refractivity contribution in [2.45, 2.75) is 11.3 Å². The fourth-order valence-corrected chi connectivity index (χ4v) is 5.46. The van der Waals surface area contributed by atoms with Crippen molar-refractivity contribution in [3.63, 3.8) is 0 Å². The van der Waals surface area contributed by atoms with E-state index < -0.39 is 15.9 Å². The van der Waals surface area contributed by atoms with Gasteiger partial charge in [0, 0.05) is 49.4 Å². The number of hydroxylamine groups is 1. The average Bonchev–Trinajstić information content (AvgIpc) is 3.20. The Bertz CT molecular complexity index is 1300. The van der Waals surface area contributed by atoms with Crippen molar-refractivity contribution in [1.82, 2.24) is 10.5 Å². The maximum atomic E-state index is 13.6. The molecular weight excluding hydrogens is 416 g/mol. The van der Waals surface area contributed by atoms with E-state index in [0.717, 1.165) is 16.6 Å². The van der Waals surface area contributed by atoms with Crippen LogP contribution < -0.4 is 14.7 Å². The number of fused-ring (bicyclic) bond motifs is 2. The van der Waals surface area contributed by atoms with E-state index in [1.54, 1.807) is 18.2 Å². The average molecular weight is 439 g/mol. The first-order valence-electron chi connectivity index (χ1n) is 9.66. The molecule has 0 saturated heterocycles. The second-order valence-corrected chi connectivity index (χ2v) is 9.24. The lowest BCUT2D eigenvalue weighted by atomic mass is 10.1. The third kappa shape index (κ3) is 3.73. The Hall–Kier alpha value is -3.43. The first-order chi connectivity index (χ1) is 14.8. The van der Waals surface area contributed by atoms with Crippen LogP contribution >= 0.6 is 0 Å². The molecule has 9 heteroatoms. The number of sulfonamides is 1. The minimum Gasteiger partial charge on any atom is -0.377 e. The van der Waals surface area contributed by atoms with E-state index in [0.29, 0.717) is 29.7 Å². The first kappa shape index (κ1) is 20.8. The predicted molar refractivity (Wildman–Crippen MR) is 120 cm³/mol. The number of hydrogen-bond donors (Lipinski definition) is 2. The molecule has 1 aliphatic rings. The molecular formula is C22H22N4O4S. The summed E-state index contributed by atoms with van der Waals surface area (Å²) < 4.78 is 28.6. The molecule has 1 amide bonds. The minimum atomic E-state index is -3.83. The molecule has 1 aliphatic heterocycles. The number of nitrogens with zero attached hydrogens (tertiary/aromatic N) is 3. The normalized spacial score (nSPS) is 13.6. The summed E-state index contributed by atoms with van der Waals surface area (Å²) >= 11 is 0. The number of nitrogens with one attached hydrogen (secondary N) is 1. The van der Waals surface area contributed by atoms with Crippen LogP contribution in [0.3, 0.4) is 0 Å². The van der Waals surface area contributed by atoms with E-state index in [1.807, 2.05) is 43.3 Å². The molecule has 3 aromatic rings. The Morgan fingerprint density at radius 3 is 2.68 bits per heavy atom. The minimum absolute atomic E-state index is 0.243. The molecule has 0 unspecified atom stereocenters. The van der Waals surface area contributed by atoms with Crippen LogP contribution in [-0.4, -0.2) is 45.2 Å². The number of carbonyl (C=O) groups is 1. The van der Waals surface area contributed by atoms with Crippen LogP contribution in [0.5, 0.6) is 0 Å². The summed E-state index contributed by atoms with van der Waals surface area (Å²) in [7, 11) is 0.0203. The summed E-state index contributed by atoms with van der Waals surface area (Å²) in [4.78, 5) is 17.7. The monoisotopic (exact) mass is 438 g/mol. The molecule has 31 heavy (non-hydrogen) atoms. The molecule has 4 rings (SSSR count). The highest BCUT2D eigenvalue weighted by atomic mass is 32.2. The Morgan fingerprint density at radius 2 is 1.94 bits per heavy atom. The molecule has 0 saturated carbocycles. The van der Waals surface area contributed by atoms with Gasteiger partial charge >= 0.3 is 0 Å². The molecule has 2 heterocycles. The number of rotatable bonds is 5. The fourth-order valence-electron chi connectivity index (χ4n) is 3.79. The summed E-state index contributed by atoms with van der Waals surface area (Å²) in [5.41, 5.74) is 3.89. The molecule has 0 spiro atoms. The highest BCUT2D eigenvalue weighted by Crippen LogP contribution is 2.36. The highest BCUT2D eigenvalue weighted by Gasteiger charge is 2.33. The van der Waals surface area contributed by atoms with Crippen molar-refractivity contribution in [2.24, 2.45) is 0 Å². The lowest BCUT2D eigenvalue weighted by molar-refractivity contribution is -0.124.